The van der Waals surface area contributed by atoms with Crippen LogP contribution in [0, 0.1) is 0 Å². The molecule has 1 aromatic carbocycles. The van der Waals surface area contributed by atoms with Gasteiger partial charge >= 0.3 is 0 Å². The number of methoxy groups -OCH3 is 1. The fourth-order valence-electron chi connectivity index (χ4n) is 3.73. The van der Waals surface area contributed by atoms with Crippen molar-refractivity contribution in [3.63, 3.8) is 0 Å². The van der Waals surface area contributed by atoms with Crippen LogP contribution in [-0.2, 0) is 16.1 Å². The zero-order valence-corrected chi connectivity index (χ0v) is 14.5. The molecule has 3 heterocycles. The van der Waals surface area contributed by atoms with E-state index in [2.05, 4.69) is 11.0 Å². The SMILES string of the molecule is COc1cccc(CN2CCN3C(=O)[C@@H]4CSCN4C(=O)[C@H]3C2)c1. The highest BCUT2D eigenvalue weighted by atomic mass is 32.2. The molecule has 0 spiro atoms. The molecule has 6 nitrogen and oxygen atoms in total. The van der Waals surface area contributed by atoms with Crippen molar-refractivity contribution in [2.45, 2.75) is 18.6 Å². The molecule has 3 aliphatic heterocycles. The molecule has 0 N–H and O–H groups in total. The third-order valence-corrected chi connectivity index (χ3v) is 6.04. The van der Waals surface area contributed by atoms with Gasteiger partial charge in [0.15, 0.2) is 0 Å². The van der Waals surface area contributed by atoms with Gasteiger partial charge in [-0.05, 0) is 17.7 Å². The van der Waals surface area contributed by atoms with Crippen molar-refractivity contribution in [1.82, 2.24) is 14.7 Å². The van der Waals surface area contributed by atoms with Crippen molar-refractivity contribution in [3.05, 3.63) is 29.8 Å². The Kier molecular flexibility index (Phi) is 4.14. The minimum absolute atomic E-state index is 0.111. The molecular formula is C17H21N3O3S. The number of carbonyl (C=O) groups excluding carboxylic acids is 2. The second-order valence-corrected chi connectivity index (χ2v) is 7.46. The zero-order chi connectivity index (χ0) is 16.7. The molecule has 2 amide bonds. The Bertz CT molecular complexity index is 668. The fraction of sp³-hybridized carbons (Fsp3) is 0.529. The number of amides is 2. The maximum atomic E-state index is 12.8. The highest BCUT2D eigenvalue weighted by molar-refractivity contribution is 7.99. The van der Waals surface area contributed by atoms with E-state index in [9.17, 15) is 9.59 Å². The van der Waals surface area contributed by atoms with E-state index in [1.165, 1.54) is 0 Å². The molecule has 128 valence electrons. The number of hydrogen-bond donors (Lipinski definition) is 0. The van der Waals surface area contributed by atoms with Crippen molar-refractivity contribution < 1.29 is 14.3 Å². The first kappa shape index (κ1) is 15.8. The molecule has 3 saturated heterocycles. The average molecular weight is 347 g/mol. The van der Waals surface area contributed by atoms with Gasteiger partial charge in [-0.2, -0.15) is 0 Å². The summed E-state index contributed by atoms with van der Waals surface area (Å²) in [5, 5.41) is 0. The predicted molar refractivity (Wildman–Crippen MR) is 91.7 cm³/mol. The number of rotatable bonds is 3. The molecule has 0 aromatic heterocycles. The summed E-state index contributed by atoms with van der Waals surface area (Å²) in [5.41, 5.74) is 1.16. The lowest BCUT2D eigenvalue weighted by Crippen LogP contribution is -2.69. The summed E-state index contributed by atoms with van der Waals surface area (Å²) in [6.45, 7) is 2.80. The van der Waals surface area contributed by atoms with Crippen molar-refractivity contribution in [2.24, 2.45) is 0 Å². The van der Waals surface area contributed by atoms with Gasteiger partial charge in [-0.3, -0.25) is 14.5 Å². The smallest absolute Gasteiger partial charge is 0.248 e. The van der Waals surface area contributed by atoms with Crippen LogP contribution in [0.2, 0.25) is 0 Å². The van der Waals surface area contributed by atoms with Crippen LogP contribution in [0.25, 0.3) is 0 Å². The Hall–Kier alpha value is -1.73. The molecule has 0 aliphatic carbocycles. The summed E-state index contributed by atoms with van der Waals surface area (Å²) in [5.74, 6) is 2.47. The molecule has 1 aromatic rings. The van der Waals surface area contributed by atoms with E-state index in [1.807, 2.05) is 18.2 Å². The van der Waals surface area contributed by atoms with Gasteiger partial charge < -0.3 is 14.5 Å². The molecule has 0 radical (unpaired) electrons. The second kappa shape index (κ2) is 6.29. The predicted octanol–water partition coefficient (Wildman–Crippen LogP) is 0.623. The summed E-state index contributed by atoms with van der Waals surface area (Å²) < 4.78 is 5.27. The number of hydrogen-bond acceptors (Lipinski definition) is 5. The summed E-state index contributed by atoms with van der Waals surface area (Å²) in [6.07, 6.45) is 0. The highest BCUT2D eigenvalue weighted by Crippen LogP contribution is 2.30. The molecule has 3 fully saturated rings. The van der Waals surface area contributed by atoms with Crippen molar-refractivity contribution in [3.8, 4) is 5.75 Å². The Morgan fingerprint density at radius 3 is 2.83 bits per heavy atom. The highest BCUT2D eigenvalue weighted by Gasteiger charge is 2.49. The lowest BCUT2D eigenvalue weighted by Gasteiger charge is -2.47. The van der Waals surface area contributed by atoms with E-state index in [0.29, 0.717) is 19.0 Å². The number of thioether (sulfide) groups is 1. The summed E-state index contributed by atoms with van der Waals surface area (Å²) in [4.78, 5) is 31.2. The van der Waals surface area contributed by atoms with Crippen molar-refractivity contribution in [1.29, 1.82) is 0 Å². The molecule has 3 aliphatic rings. The van der Waals surface area contributed by atoms with E-state index in [0.717, 1.165) is 30.2 Å². The number of ether oxygens (including phenoxy) is 1. The van der Waals surface area contributed by atoms with Crippen LogP contribution < -0.4 is 4.74 Å². The minimum atomic E-state index is -0.327. The van der Waals surface area contributed by atoms with Gasteiger partial charge in [0.05, 0.1) is 13.0 Å². The van der Waals surface area contributed by atoms with Crippen molar-refractivity contribution in [2.75, 3.05) is 38.4 Å². The first-order valence-corrected chi connectivity index (χ1v) is 9.37. The van der Waals surface area contributed by atoms with Crippen LogP contribution in [0.1, 0.15) is 5.56 Å². The van der Waals surface area contributed by atoms with E-state index < -0.39 is 0 Å². The largest absolute Gasteiger partial charge is 0.497 e. The van der Waals surface area contributed by atoms with Crippen LogP contribution in [0.15, 0.2) is 24.3 Å². The fourth-order valence-corrected chi connectivity index (χ4v) is 4.89. The average Bonchev–Trinajstić information content (AvgIpc) is 3.10. The standard InChI is InChI=1S/C17H21N3O3S/c1-23-13-4-2-3-12(7-13)8-18-5-6-19-14(9-18)16(21)20-11-24-10-15(20)17(19)22/h2-4,7,14-15H,5-6,8-11H2,1H3/t14-,15+/m1/s1. The van der Waals surface area contributed by atoms with Crippen LogP contribution in [0.5, 0.6) is 5.75 Å². The monoisotopic (exact) mass is 347 g/mol. The second-order valence-electron chi connectivity index (χ2n) is 6.46. The van der Waals surface area contributed by atoms with E-state index in [-0.39, 0.29) is 23.9 Å². The molecule has 7 heteroatoms. The van der Waals surface area contributed by atoms with Gasteiger partial charge in [-0.25, -0.2) is 0 Å². The molecule has 0 saturated carbocycles. The van der Waals surface area contributed by atoms with Crippen LogP contribution >= 0.6 is 11.8 Å². The quantitative estimate of drug-likeness (QED) is 0.803. The first-order valence-electron chi connectivity index (χ1n) is 8.21. The van der Waals surface area contributed by atoms with Gasteiger partial charge in [0.25, 0.3) is 0 Å². The maximum Gasteiger partial charge on any atom is 0.248 e. The normalized spacial score (nSPS) is 27.2. The molecule has 4 rings (SSSR count). The Morgan fingerprint density at radius 2 is 2.00 bits per heavy atom. The van der Waals surface area contributed by atoms with Crippen LogP contribution in [0.3, 0.4) is 0 Å². The molecule has 0 bridgehead atoms. The van der Waals surface area contributed by atoms with Gasteiger partial charge in [0.2, 0.25) is 11.8 Å². The third-order valence-electron chi connectivity index (χ3n) is 5.02. The maximum absolute atomic E-state index is 12.8. The number of piperazine rings is 2. The Labute approximate surface area is 145 Å². The Morgan fingerprint density at radius 1 is 1.17 bits per heavy atom. The van der Waals surface area contributed by atoms with E-state index in [4.69, 9.17) is 4.74 Å². The Balaban J connectivity index is 1.48. The molecule has 0 unspecified atom stereocenters. The topological polar surface area (TPSA) is 53.1 Å². The lowest BCUT2D eigenvalue weighted by atomic mass is 10.0. The summed E-state index contributed by atoms with van der Waals surface area (Å²) in [7, 11) is 1.66. The van der Waals surface area contributed by atoms with Gasteiger partial charge in [0.1, 0.15) is 17.8 Å². The minimum Gasteiger partial charge on any atom is -0.497 e. The number of benzene rings is 1. The number of fused-ring (bicyclic) bond motifs is 2. The summed E-state index contributed by atoms with van der Waals surface area (Å²) >= 11 is 1.67. The van der Waals surface area contributed by atoms with Crippen LogP contribution in [-0.4, -0.2) is 77.0 Å². The third kappa shape index (κ3) is 2.65. The van der Waals surface area contributed by atoms with Crippen LogP contribution in [0.4, 0.5) is 0 Å². The molecular weight excluding hydrogens is 326 g/mol. The van der Waals surface area contributed by atoms with Gasteiger partial charge in [0, 0.05) is 31.9 Å². The molecule has 24 heavy (non-hydrogen) atoms. The lowest BCUT2D eigenvalue weighted by molar-refractivity contribution is -0.162. The number of nitrogens with zero attached hydrogens (tertiary/aromatic N) is 3. The molecule has 2 atom stereocenters. The number of carbonyl (C=O) groups is 2. The summed E-state index contributed by atoms with van der Waals surface area (Å²) in [6, 6.07) is 7.43. The van der Waals surface area contributed by atoms with Gasteiger partial charge in [-0.15, -0.1) is 11.8 Å². The zero-order valence-electron chi connectivity index (χ0n) is 13.7. The van der Waals surface area contributed by atoms with Crippen molar-refractivity contribution >= 4 is 23.6 Å². The first-order chi connectivity index (χ1) is 11.7. The van der Waals surface area contributed by atoms with E-state index >= 15 is 0 Å². The van der Waals surface area contributed by atoms with Gasteiger partial charge in [-0.1, -0.05) is 12.1 Å². The van der Waals surface area contributed by atoms with E-state index in [1.54, 1.807) is 28.7 Å².